The van der Waals surface area contributed by atoms with Gasteiger partial charge in [0.25, 0.3) is 0 Å². The molecule has 0 bridgehead atoms. The maximum absolute atomic E-state index is 11.0. The quantitative estimate of drug-likeness (QED) is 0.224. The molecule has 9 heteroatoms. The van der Waals surface area contributed by atoms with Crippen LogP contribution in [0.2, 0.25) is 18.1 Å². The van der Waals surface area contributed by atoms with Gasteiger partial charge in [-0.05, 0) is 64.4 Å². The molecule has 1 N–H and O–H groups in total. The van der Waals surface area contributed by atoms with E-state index in [1.807, 2.05) is 33.8 Å². The van der Waals surface area contributed by atoms with Gasteiger partial charge in [-0.3, -0.25) is 4.79 Å². The van der Waals surface area contributed by atoms with Crippen molar-refractivity contribution >= 4 is 14.6 Å². The van der Waals surface area contributed by atoms with Crippen LogP contribution >= 0.6 is 0 Å². The molecule has 0 unspecified atom stereocenters. The first-order valence-electron chi connectivity index (χ1n) is 12.4. The topological polar surface area (TPSA) is 92.7 Å². The third kappa shape index (κ3) is 6.90. The molecule has 6 atom stereocenters. The van der Waals surface area contributed by atoms with Crippen LogP contribution in [0, 0.1) is 0 Å². The molecular formula is C26H44O8Si. The van der Waals surface area contributed by atoms with Crippen LogP contribution in [-0.2, 0) is 32.9 Å². The Morgan fingerprint density at radius 2 is 1.74 bits per heavy atom. The van der Waals surface area contributed by atoms with E-state index in [0.717, 1.165) is 5.57 Å². The number of carbonyl (C=O) groups is 1. The zero-order chi connectivity index (χ0) is 26.4. The van der Waals surface area contributed by atoms with E-state index in [4.69, 9.17) is 28.1 Å². The van der Waals surface area contributed by atoms with E-state index in [9.17, 15) is 9.90 Å². The Bertz CT molecular complexity index is 839. The van der Waals surface area contributed by atoms with Gasteiger partial charge in [0.05, 0.1) is 18.3 Å². The van der Waals surface area contributed by atoms with Crippen molar-refractivity contribution in [1.29, 1.82) is 0 Å². The summed E-state index contributed by atoms with van der Waals surface area (Å²) >= 11 is 0. The minimum Gasteiger partial charge on any atom is -0.410 e. The van der Waals surface area contributed by atoms with Crippen LogP contribution in [-0.4, -0.2) is 74.2 Å². The number of hydrogen-bond donors (Lipinski definition) is 1. The highest BCUT2D eigenvalue weighted by atomic mass is 28.4. The highest BCUT2D eigenvalue weighted by molar-refractivity contribution is 6.74. The molecule has 35 heavy (non-hydrogen) atoms. The molecule has 0 saturated carbocycles. The Kier molecular flexibility index (Phi) is 7.99. The first-order chi connectivity index (χ1) is 15.8. The SMILES string of the molecule is CC1(C)OC[C@@H]([C@H]2O[C@@H]3OC(C)(C)O[C@@H]3/C2=C\[C@@H](C[C@@](C)(O)/C=C/C=O)O[Si](C)(C)C(C)(C)C)O1. The zero-order valence-electron chi connectivity index (χ0n) is 22.9. The lowest BCUT2D eigenvalue weighted by Crippen LogP contribution is -2.45. The van der Waals surface area contributed by atoms with E-state index in [1.165, 1.54) is 12.2 Å². The van der Waals surface area contributed by atoms with Gasteiger partial charge in [-0.15, -0.1) is 0 Å². The van der Waals surface area contributed by atoms with Crippen molar-refractivity contribution in [2.24, 2.45) is 0 Å². The molecule has 3 fully saturated rings. The molecule has 0 aliphatic carbocycles. The van der Waals surface area contributed by atoms with Crippen molar-refractivity contribution in [3.63, 3.8) is 0 Å². The molecule has 0 spiro atoms. The summed E-state index contributed by atoms with van der Waals surface area (Å²) in [5.41, 5.74) is -0.383. The minimum atomic E-state index is -2.23. The standard InChI is InChI=1S/C26H44O8Si/c1-23(2,3)35(9,10)34-17(15-26(8,28)12-11-13-27)14-18-20(19-16-29-24(4,5)31-19)30-22-21(18)32-25(6,7)33-22/h11-14,17,19-22,28H,15-16H2,1-10H3/b12-11+,18-14-/t17-,19-,20-,21+,22+,26-/m0/s1. The van der Waals surface area contributed by atoms with Gasteiger partial charge in [-0.25, -0.2) is 0 Å². The van der Waals surface area contributed by atoms with Crippen LogP contribution in [0.1, 0.15) is 61.8 Å². The van der Waals surface area contributed by atoms with Crippen molar-refractivity contribution in [2.75, 3.05) is 6.61 Å². The average molecular weight is 513 g/mol. The zero-order valence-corrected chi connectivity index (χ0v) is 23.9. The number of carbonyl (C=O) groups excluding carboxylic acids is 1. The first kappa shape index (κ1) is 28.7. The fourth-order valence-electron chi connectivity index (χ4n) is 4.42. The molecule has 3 aliphatic rings. The lowest BCUT2D eigenvalue weighted by molar-refractivity contribution is -0.215. The first-order valence-corrected chi connectivity index (χ1v) is 15.3. The molecule has 3 rings (SSSR count). The maximum atomic E-state index is 11.0. The fourth-order valence-corrected chi connectivity index (χ4v) is 5.68. The number of aliphatic hydroxyl groups is 1. The van der Waals surface area contributed by atoms with Gasteiger partial charge >= 0.3 is 0 Å². The van der Waals surface area contributed by atoms with Crippen molar-refractivity contribution in [3.05, 3.63) is 23.8 Å². The smallest absolute Gasteiger partial charge is 0.192 e. The van der Waals surface area contributed by atoms with Crippen molar-refractivity contribution < 1.29 is 38.0 Å². The van der Waals surface area contributed by atoms with Crippen LogP contribution in [0.4, 0.5) is 0 Å². The maximum Gasteiger partial charge on any atom is 0.192 e. The number of aldehydes is 1. The summed E-state index contributed by atoms with van der Waals surface area (Å²) in [6.07, 6.45) is 3.52. The van der Waals surface area contributed by atoms with E-state index in [-0.39, 0.29) is 17.6 Å². The highest BCUT2D eigenvalue weighted by Gasteiger charge is 2.55. The van der Waals surface area contributed by atoms with Crippen molar-refractivity contribution in [1.82, 2.24) is 0 Å². The molecule has 3 heterocycles. The summed E-state index contributed by atoms with van der Waals surface area (Å²) in [7, 11) is -2.23. The van der Waals surface area contributed by atoms with E-state index in [0.29, 0.717) is 12.9 Å². The van der Waals surface area contributed by atoms with Crippen LogP contribution in [0.25, 0.3) is 0 Å². The van der Waals surface area contributed by atoms with Gasteiger partial charge in [-0.2, -0.15) is 0 Å². The van der Waals surface area contributed by atoms with Gasteiger partial charge < -0.3 is 33.2 Å². The summed E-state index contributed by atoms with van der Waals surface area (Å²) in [6.45, 7) is 20.4. The lowest BCUT2D eigenvalue weighted by atomic mass is 9.94. The third-order valence-corrected chi connectivity index (χ3v) is 11.6. The predicted molar refractivity (Wildman–Crippen MR) is 134 cm³/mol. The number of allylic oxidation sites excluding steroid dienone is 1. The number of hydrogen-bond acceptors (Lipinski definition) is 8. The minimum absolute atomic E-state index is 0.0379. The highest BCUT2D eigenvalue weighted by Crippen LogP contribution is 2.45. The summed E-state index contributed by atoms with van der Waals surface area (Å²) in [4.78, 5) is 10.9. The molecule has 200 valence electrons. The summed E-state index contributed by atoms with van der Waals surface area (Å²) < 4.78 is 37.3. The van der Waals surface area contributed by atoms with Gasteiger partial charge in [0.1, 0.15) is 24.6 Å². The molecule has 0 amide bonds. The van der Waals surface area contributed by atoms with Gasteiger partial charge in [-0.1, -0.05) is 32.9 Å². The second kappa shape index (κ2) is 9.76. The predicted octanol–water partition coefficient (Wildman–Crippen LogP) is 4.23. The second-order valence-corrected chi connectivity index (χ2v) is 17.2. The van der Waals surface area contributed by atoms with E-state index in [1.54, 1.807) is 6.92 Å². The summed E-state index contributed by atoms with van der Waals surface area (Å²) in [5.74, 6) is -1.50. The van der Waals surface area contributed by atoms with Crippen molar-refractivity contribution in [3.8, 4) is 0 Å². The van der Waals surface area contributed by atoms with E-state index < -0.39 is 50.1 Å². The second-order valence-electron chi connectivity index (χ2n) is 12.5. The number of ether oxygens (including phenoxy) is 5. The molecule has 0 aromatic heterocycles. The number of rotatable bonds is 8. The third-order valence-electron chi connectivity index (χ3n) is 7.14. The monoisotopic (exact) mass is 512 g/mol. The van der Waals surface area contributed by atoms with Crippen LogP contribution in [0.3, 0.4) is 0 Å². The Morgan fingerprint density at radius 1 is 1.09 bits per heavy atom. The van der Waals surface area contributed by atoms with Crippen LogP contribution < -0.4 is 0 Å². The molecule has 0 radical (unpaired) electrons. The van der Waals surface area contributed by atoms with Crippen LogP contribution in [0.5, 0.6) is 0 Å². The van der Waals surface area contributed by atoms with Crippen LogP contribution in [0.15, 0.2) is 23.8 Å². The molecule has 3 aliphatic heterocycles. The Labute approximate surface area is 211 Å². The fraction of sp³-hybridized carbons (Fsp3) is 0.808. The summed E-state index contributed by atoms with van der Waals surface area (Å²) in [5, 5.41) is 11.0. The molecule has 0 aromatic rings. The normalized spacial score (nSPS) is 34.3. The molecule has 3 saturated heterocycles. The molecular weight excluding hydrogens is 468 g/mol. The largest absolute Gasteiger partial charge is 0.410 e. The average Bonchev–Trinajstić information content (AvgIpc) is 3.28. The van der Waals surface area contributed by atoms with Gasteiger partial charge in [0, 0.05) is 6.42 Å². The van der Waals surface area contributed by atoms with E-state index in [2.05, 4.69) is 33.9 Å². The Hall–Kier alpha value is -0.913. The van der Waals surface area contributed by atoms with Gasteiger partial charge in [0.15, 0.2) is 26.2 Å². The van der Waals surface area contributed by atoms with Crippen molar-refractivity contribution in [2.45, 2.75) is 128 Å². The Balaban J connectivity index is 1.99. The summed E-state index contributed by atoms with van der Waals surface area (Å²) in [6, 6.07) is 0. The van der Waals surface area contributed by atoms with E-state index >= 15 is 0 Å². The molecule has 8 nitrogen and oxygen atoms in total. The number of fused-ring (bicyclic) bond motifs is 1. The van der Waals surface area contributed by atoms with Gasteiger partial charge in [0.2, 0.25) is 0 Å². The Morgan fingerprint density at radius 3 is 2.29 bits per heavy atom. The lowest BCUT2D eigenvalue weighted by Gasteiger charge is -2.40. The molecule has 0 aromatic carbocycles.